The molecule has 0 bridgehead atoms. The number of rotatable bonds is 8. The number of carbonyl (C=O) groups is 2. The van der Waals surface area contributed by atoms with Gasteiger partial charge in [0.05, 0.1) is 14.2 Å². The van der Waals surface area contributed by atoms with Crippen molar-refractivity contribution in [2.75, 3.05) is 20.8 Å². The van der Waals surface area contributed by atoms with E-state index >= 15 is 0 Å². The molecular weight excluding hydrogens is 392 g/mol. The van der Waals surface area contributed by atoms with Crippen LogP contribution in [0.3, 0.4) is 0 Å². The largest absolute Gasteiger partial charge is 0.497 e. The van der Waals surface area contributed by atoms with Crippen molar-refractivity contribution in [1.29, 1.82) is 0 Å². The number of nitrogens with one attached hydrogen (secondary N) is 1. The first-order valence-electron chi connectivity index (χ1n) is 8.76. The standard InChI is InChI=1S/C21H20N2O5S/c1-26-16-9-7-14(8-10-16)20-23-17(13-29-20)21(25)28-12-19(24)22-11-15-5-3-4-6-18(15)27-2/h3-10,13H,11-12H2,1-2H3,(H,22,24). The van der Waals surface area contributed by atoms with Gasteiger partial charge in [0.2, 0.25) is 0 Å². The fourth-order valence-electron chi connectivity index (χ4n) is 2.53. The molecule has 29 heavy (non-hydrogen) atoms. The molecule has 3 rings (SSSR count). The second kappa shape index (κ2) is 9.70. The van der Waals surface area contributed by atoms with E-state index in [0.717, 1.165) is 16.9 Å². The summed E-state index contributed by atoms with van der Waals surface area (Å²) in [5.74, 6) is 0.366. The molecule has 150 valence electrons. The van der Waals surface area contributed by atoms with E-state index in [1.807, 2.05) is 48.5 Å². The molecule has 0 saturated carbocycles. The Labute approximate surface area is 172 Å². The van der Waals surface area contributed by atoms with Gasteiger partial charge in [-0.2, -0.15) is 0 Å². The van der Waals surface area contributed by atoms with E-state index < -0.39 is 11.9 Å². The summed E-state index contributed by atoms with van der Waals surface area (Å²) >= 11 is 1.32. The van der Waals surface area contributed by atoms with Gasteiger partial charge in [0.25, 0.3) is 5.91 Å². The van der Waals surface area contributed by atoms with E-state index in [-0.39, 0.29) is 18.8 Å². The quantitative estimate of drug-likeness (QED) is 0.572. The third kappa shape index (κ3) is 5.32. The van der Waals surface area contributed by atoms with Crippen LogP contribution in [0, 0.1) is 0 Å². The molecule has 7 nitrogen and oxygen atoms in total. The van der Waals surface area contributed by atoms with Crippen molar-refractivity contribution in [2.45, 2.75) is 6.54 Å². The topological polar surface area (TPSA) is 86.8 Å². The lowest BCUT2D eigenvalue weighted by atomic mass is 10.2. The van der Waals surface area contributed by atoms with Crippen LogP contribution in [-0.4, -0.2) is 37.7 Å². The van der Waals surface area contributed by atoms with Crippen LogP contribution < -0.4 is 14.8 Å². The number of esters is 1. The average Bonchev–Trinajstić information content (AvgIpc) is 3.26. The summed E-state index contributed by atoms with van der Waals surface area (Å²) in [6.45, 7) is -0.109. The van der Waals surface area contributed by atoms with E-state index in [9.17, 15) is 9.59 Å². The van der Waals surface area contributed by atoms with Crippen molar-refractivity contribution < 1.29 is 23.8 Å². The predicted molar refractivity (Wildman–Crippen MR) is 109 cm³/mol. The number of methoxy groups -OCH3 is 2. The van der Waals surface area contributed by atoms with Crippen molar-refractivity contribution in [3.8, 4) is 22.1 Å². The molecule has 0 fully saturated rings. The van der Waals surface area contributed by atoms with Crippen LogP contribution in [0.25, 0.3) is 10.6 Å². The Morgan fingerprint density at radius 2 is 1.79 bits per heavy atom. The fraction of sp³-hybridized carbons (Fsp3) is 0.190. The summed E-state index contributed by atoms with van der Waals surface area (Å²) in [7, 11) is 3.16. The summed E-state index contributed by atoms with van der Waals surface area (Å²) in [5.41, 5.74) is 1.86. The molecule has 1 aromatic heterocycles. The highest BCUT2D eigenvalue weighted by Crippen LogP contribution is 2.26. The van der Waals surface area contributed by atoms with Gasteiger partial charge in [-0.15, -0.1) is 11.3 Å². The molecule has 1 heterocycles. The maximum atomic E-state index is 12.2. The van der Waals surface area contributed by atoms with Crippen LogP contribution in [0.15, 0.2) is 53.9 Å². The minimum atomic E-state index is -0.645. The first-order chi connectivity index (χ1) is 14.1. The lowest BCUT2D eigenvalue weighted by molar-refractivity contribution is -0.124. The second-order valence-corrected chi connectivity index (χ2v) is 6.79. The number of ether oxygens (including phenoxy) is 3. The number of aromatic nitrogens is 1. The van der Waals surface area contributed by atoms with Gasteiger partial charge in [-0.3, -0.25) is 4.79 Å². The summed E-state index contributed by atoms with van der Waals surface area (Å²) in [6, 6.07) is 14.7. The third-order valence-corrected chi connectivity index (χ3v) is 4.94. The van der Waals surface area contributed by atoms with E-state index in [0.29, 0.717) is 10.8 Å². The molecule has 1 amide bonds. The Bertz CT molecular complexity index is 985. The number of nitrogens with zero attached hydrogens (tertiary/aromatic N) is 1. The van der Waals surface area contributed by atoms with Crippen molar-refractivity contribution >= 4 is 23.2 Å². The van der Waals surface area contributed by atoms with Crippen LogP contribution in [-0.2, 0) is 16.1 Å². The maximum absolute atomic E-state index is 12.2. The second-order valence-electron chi connectivity index (χ2n) is 5.93. The average molecular weight is 412 g/mol. The molecule has 1 N–H and O–H groups in total. The molecule has 0 spiro atoms. The summed E-state index contributed by atoms with van der Waals surface area (Å²) in [5, 5.41) is 4.98. The Morgan fingerprint density at radius 1 is 1.03 bits per heavy atom. The van der Waals surface area contributed by atoms with Crippen LogP contribution in [0.1, 0.15) is 16.1 Å². The predicted octanol–water partition coefficient (Wildman–Crippen LogP) is 3.30. The van der Waals surface area contributed by atoms with Crippen LogP contribution in [0.5, 0.6) is 11.5 Å². The normalized spacial score (nSPS) is 10.3. The van der Waals surface area contributed by atoms with Crippen LogP contribution >= 0.6 is 11.3 Å². The highest BCUT2D eigenvalue weighted by Gasteiger charge is 2.15. The van der Waals surface area contributed by atoms with Crippen LogP contribution in [0.2, 0.25) is 0 Å². The van der Waals surface area contributed by atoms with E-state index in [1.165, 1.54) is 11.3 Å². The fourth-order valence-corrected chi connectivity index (χ4v) is 3.33. The van der Waals surface area contributed by atoms with E-state index in [4.69, 9.17) is 14.2 Å². The maximum Gasteiger partial charge on any atom is 0.358 e. The molecule has 0 aliphatic carbocycles. The number of benzene rings is 2. The van der Waals surface area contributed by atoms with Gasteiger partial charge in [-0.1, -0.05) is 18.2 Å². The van der Waals surface area contributed by atoms with Gasteiger partial charge in [-0.05, 0) is 30.3 Å². The molecule has 0 aliphatic rings. The van der Waals surface area contributed by atoms with Crippen molar-refractivity contribution in [2.24, 2.45) is 0 Å². The molecule has 8 heteroatoms. The van der Waals surface area contributed by atoms with Gasteiger partial charge in [-0.25, -0.2) is 9.78 Å². The number of carbonyl (C=O) groups excluding carboxylic acids is 2. The number of thiazole rings is 1. The van der Waals surface area contributed by atoms with Crippen molar-refractivity contribution in [3.05, 3.63) is 65.2 Å². The summed E-state index contributed by atoms with van der Waals surface area (Å²) < 4.78 is 15.4. The number of hydrogen-bond acceptors (Lipinski definition) is 7. The molecule has 0 aliphatic heterocycles. The van der Waals surface area contributed by atoms with Crippen molar-refractivity contribution in [3.63, 3.8) is 0 Å². The SMILES string of the molecule is COc1ccc(-c2nc(C(=O)OCC(=O)NCc3ccccc3OC)cs2)cc1. The summed E-state index contributed by atoms with van der Waals surface area (Å²) in [4.78, 5) is 28.4. The highest BCUT2D eigenvalue weighted by atomic mass is 32.1. The van der Waals surface area contributed by atoms with Gasteiger partial charge >= 0.3 is 5.97 Å². The molecule has 0 saturated heterocycles. The Balaban J connectivity index is 1.51. The minimum Gasteiger partial charge on any atom is -0.497 e. The summed E-state index contributed by atoms with van der Waals surface area (Å²) in [6.07, 6.45) is 0. The monoisotopic (exact) mass is 412 g/mol. The Morgan fingerprint density at radius 3 is 2.52 bits per heavy atom. The van der Waals surface area contributed by atoms with Gasteiger partial charge in [0.15, 0.2) is 12.3 Å². The smallest absolute Gasteiger partial charge is 0.358 e. The van der Waals surface area contributed by atoms with E-state index in [1.54, 1.807) is 19.6 Å². The zero-order valence-corrected chi connectivity index (χ0v) is 16.8. The molecule has 0 unspecified atom stereocenters. The van der Waals surface area contributed by atoms with Gasteiger partial charge in [0, 0.05) is 23.1 Å². The first-order valence-corrected chi connectivity index (χ1v) is 9.64. The zero-order chi connectivity index (χ0) is 20.6. The minimum absolute atomic E-state index is 0.165. The van der Waals surface area contributed by atoms with Gasteiger partial charge < -0.3 is 19.5 Å². The zero-order valence-electron chi connectivity index (χ0n) is 16.0. The first kappa shape index (κ1) is 20.3. The number of hydrogen-bond donors (Lipinski definition) is 1. The third-order valence-electron chi connectivity index (χ3n) is 4.05. The molecule has 3 aromatic rings. The number of amides is 1. The molecular formula is C21H20N2O5S. The molecule has 0 atom stereocenters. The molecule has 0 radical (unpaired) electrons. The molecule has 2 aromatic carbocycles. The highest BCUT2D eigenvalue weighted by molar-refractivity contribution is 7.13. The van der Waals surface area contributed by atoms with Crippen LogP contribution in [0.4, 0.5) is 0 Å². The lowest BCUT2D eigenvalue weighted by Crippen LogP contribution is -2.28. The number of para-hydroxylation sites is 1. The van der Waals surface area contributed by atoms with Gasteiger partial charge in [0.1, 0.15) is 16.5 Å². The Kier molecular flexibility index (Phi) is 6.80. The lowest BCUT2D eigenvalue weighted by Gasteiger charge is -2.09. The van der Waals surface area contributed by atoms with Crippen molar-refractivity contribution in [1.82, 2.24) is 10.3 Å². The Hall–Kier alpha value is -3.39. The van der Waals surface area contributed by atoms with E-state index in [2.05, 4.69) is 10.3 Å².